The summed E-state index contributed by atoms with van der Waals surface area (Å²) in [4.78, 5) is 21.6. The van der Waals surface area contributed by atoms with Gasteiger partial charge in [0.05, 0.1) is 16.6 Å². The molecule has 2 aliphatic heterocycles. The summed E-state index contributed by atoms with van der Waals surface area (Å²) < 4.78 is 5.47. The van der Waals surface area contributed by atoms with Gasteiger partial charge < -0.3 is 20.7 Å². The minimum Gasteiger partial charge on any atom is -0.381 e. The van der Waals surface area contributed by atoms with Gasteiger partial charge in [0.2, 0.25) is 5.91 Å². The number of carbonyl (C=O) groups is 1. The van der Waals surface area contributed by atoms with E-state index in [4.69, 9.17) is 21.3 Å². The lowest BCUT2D eigenvalue weighted by Gasteiger charge is -2.28. The Balaban J connectivity index is 1.47. The summed E-state index contributed by atoms with van der Waals surface area (Å²) in [7, 11) is 0. The van der Waals surface area contributed by atoms with Crippen molar-refractivity contribution in [1.82, 2.24) is 15.3 Å². The molecule has 0 saturated carbocycles. The zero-order valence-electron chi connectivity index (χ0n) is 17.9. The summed E-state index contributed by atoms with van der Waals surface area (Å²) >= 11 is 6.44. The molecule has 166 valence electrons. The normalized spacial score (nSPS) is 20.8. The quantitative estimate of drug-likeness (QED) is 0.626. The van der Waals surface area contributed by atoms with Gasteiger partial charge in [0.25, 0.3) is 0 Å². The summed E-state index contributed by atoms with van der Waals surface area (Å²) in [6.45, 7) is 5.51. The standard InChI is InChI=1S/C23H30ClN5O2/c1-15(16-7-10-31-11-8-16)27-21-6-2-5-20(28-21)18-12-22(26-14-19(18)24)29-23(30)17-4-3-9-25-13-17/h2,5-6,12,14-17,25H,3-4,7-11,13H2,1H3,(H,27,28)(H,26,29,30)/t15-,17+/m0/s1. The molecule has 3 N–H and O–H groups in total. The molecule has 0 spiro atoms. The SMILES string of the molecule is C[C@H](Nc1cccc(-c2cc(NC(=O)[C@@H]3CCCNC3)ncc2Cl)n1)C1CCOCC1. The highest BCUT2D eigenvalue weighted by atomic mass is 35.5. The summed E-state index contributed by atoms with van der Waals surface area (Å²) in [6.07, 6.45) is 5.58. The van der Waals surface area contributed by atoms with Crippen LogP contribution in [0.1, 0.15) is 32.6 Å². The molecule has 0 aliphatic carbocycles. The molecule has 4 heterocycles. The Morgan fingerprint density at radius 3 is 2.87 bits per heavy atom. The van der Waals surface area contributed by atoms with Gasteiger partial charge in [-0.15, -0.1) is 0 Å². The summed E-state index contributed by atoms with van der Waals surface area (Å²) in [5.74, 6) is 1.82. The Kier molecular flexibility index (Phi) is 7.37. The Labute approximate surface area is 188 Å². The largest absolute Gasteiger partial charge is 0.381 e. The van der Waals surface area contributed by atoms with E-state index in [9.17, 15) is 4.79 Å². The maximum Gasteiger partial charge on any atom is 0.229 e. The first kappa shape index (κ1) is 22.0. The fourth-order valence-corrected chi connectivity index (χ4v) is 4.44. The van der Waals surface area contributed by atoms with Crippen LogP contribution in [0.4, 0.5) is 11.6 Å². The molecule has 7 nitrogen and oxygen atoms in total. The van der Waals surface area contributed by atoms with Crippen LogP contribution in [0.5, 0.6) is 0 Å². The van der Waals surface area contributed by atoms with Crippen LogP contribution in [-0.2, 0) is 9.53 Å². The Morgan fingerprint density at radius 1 is 1.26 bits per heavy atom. The monoisotopic (exact) mass is 443 g/mol. The van der Waals surface area contributed by atoms with E-state index >= 15 is 0 Å². The molecule has 0 bridgehead atoms. The van der Waals surface area contributed by atoms with Crippen LogP contribution in [0.3, 0.4) is 0 Å². The molecular formula is C23H30ClN5O2. The number of nitrogens with zero attached hydrogens (tertiary/aromatic N) is 2. The van der Waals surface area contributed by atoms with Crippen molar-refractivity contribution in [2.24, 2.45) is 11.8 Å². The lowest BCUT2D eigenvalue weighted by Crippen LogP contribution is -2.37. The highest BCUT2D eigenvalue weighted by Gasteiger charge is 2.22. The van der Waals surface area contributed by atoms with E-state index in [2.05, 4.69) is 27.9 Å². The summed E-state index contributed by atoms with van der Waals surface area (Å²) in [6, 6.07) is 7.95. The van der Waals surface area contributed by atoms with Gasteiger partial charge in [-0.2, -0.15) is 0 Å². The number of hydrogen-bond donors (Lipinski definition) is 3. The molecule has 2 aromatic rings. The number of pyridine rings is 2. The lowest BCUT2D eigenvalue weighted by atomic mass is 9.93. The molecule has 0 radical (unpaired) electrons. The average molecular weight is 444 g/mol. The number of anilines is 2. The summed E-state index contributed by atoms with van der Waals surface area (Å²) in [5, 5.41) is 10.2. The zero-order chi connectivity index (χ0) is 21.6. The third kappa shape index (κ3) is 5.73. The second-order valence-corrected chi connectivity index (χ2v) is 8.78. The van der Waals surface area contributed by atoms with Crippen molar-refractivity contribution in [2.45, 2.75) is 38.6 Å². The molecule has 0 aromatic carbocycles. The minimum atomic E-state index is -0.0352. The van der Waals surface area contributed by atoms with Crippen LogP contribution < -0.4 is 16.0 Å². The van der Waals surface area contributed by atoms with E-state index in [1.54, 1.807) is 12.3 Å². The molecule has 2 aromatic heterocycles. The minimum absolute atomic E-state index is 0.0124. The van der Waals surface area contributed by atoms with Crippen LogP contribution in [0, 0.1) is 11.8 Å². The molecular weight excluding hydrogens is 414 g/mol. The van der Waals surface area contributed by atoms with Gasteiger partial charge >= 0.3 is 0 Å². The van der Waals surface area contributed by atoms with E-state index < -0.39 is 0 Å². The Hall–Kier alpha value is -2.22. The van der Waals surface area contributed by atoms with Crippen molar-refractivity contribution in [2.75, 3.05) is 36.9 Å². The smallest absolute Gasteiger partial charge is 0.229 e. The molecule has 4 rings (SSSR count). The number of piperidine rings is 1. The van der Waals surface area contributed by atoms with Crippen molar-refractivity contribution in [3.05, 3.63) is 35.5 Å². The van der Waals surface area contributed by atoms with Gasteiger partial charge in [0.1, 0.15) is 11.6 Å². The number of carbonyl (C=O) groups excluding carboxylic acids is 1. The third-order valence-corrected chi connectivity index (χ3v) is 6.45. The lowest BCUT2D eigenvalue weighted by molar-refractivity contribution is -0.120. The molecule has 31 heavy (non-hydrogen) atoms. The average Bonchev–Trinajstić information content (AvgIpc) is 2.81. The number of halogens is 1. The van der Waals surface area contributed by atoms with Crippen LogP contribution in [-0.4, -0.2) is 48.2 Å². The highest BCUT2D eigenvalue weighted by Crippen LogP contribution is 2.30. The van der Waals surface area contributed by atoms with E-state index in [1.807, 2.05) is 18.2 Å². The number of nitrogens with one attached hydrogen (secondary N) is 3. The van der Waals surface area contributed by atoms with Crippen molar-refractivity contribution in [3.8, 4) is 11.3 Å². The predicted molar refractivity (Wildman–Crippen MR) is 123 cm³/mol. The van der Waals surface area contributed by atoms with Gasteiger partial charge in [-0.1, -0.05) is 17.7 Å². The van der Waals surface area contributed by atoms with Gasteiger partial charge in [-0.25, -0.2) is 9.97 Å². The Bertz CT molecular complexity index is 897. The van der Waals surface area contributed by atoms with Crippen molar-refractivity contribution < 1.29 is 9.53 Å². The van der Waals surface area contributed by atoms with Crippen molar-refractivity contribution in [1.29, 1.82) is 0 Å². The van der Waals surface area contributed by atoms with E-state index in [1.165, 1.54) is 0 Å². The first-order valence-corrected chi connectivity index (χ1v) is 11.5. The number of ether oxygens (including phenoxy) is 1. The zero-order valence-corrected chi connectivity index (χ0v) is 18.6. The fourth-order valence-electron chi connectivity index (χ4n) is 4.24. The number of rotatable bonds is 6. The van der Waals surface area contributed by atoms with Crippen molar-refractivity contribution >= 4 is 29.1 Å². The molecule has 2 fully saturated rings. The summed E-state index contributed by atoms with van der Waals surface area (Å²) in [5.41, 5.74) is 1.49. The van der Waals surface area contributed by atoms with E-state index in [-0.39, 0.29) is 11.8 Å². The van der Waals surface area contributed by atoms with Crippen LogP contribution in [0.15, 0.2) is 30.5 Å². The second-order valence-electron chi connectivity index (χ2n) is 8.37. The van der Waals surface area contributed by atoms with Gasteiger partial charge in [-0.3, -0.25) is 4.79 Å². The van der Waals surface area contributed by atoms with Gasteiger partial charge in [0.15, 0.2) is 0 Å². The Morgan fingerprint density at radius 2 is 2.10 bits per heavy atom. The molecule has 0 unspecified atom stereocenters. The third-order valence-electron chi connectivity index (χ3n) is 6.15. The predicted octanol–water partition coefficient (Wildman–Crippen LogP) is 3.96. The molecule has 2 aliphatic rings. The van der Waals surface area contributed by atoms with E-state index in [0.717, 1.165) is 62.5 Å². The first-order chi connectivity index (χ1) is 15.1. The van der Waals surface area contributed by atoms with Crippen LogP contribution in [0.2, 0.25) is 5.02 Å². The number of amides is 1. The van der Waals surface area contributed by atoms with Crippen LogP contribution in [0.25, 0.3) is 11.3 Å². The molecule has 1 amide bonds. The topological polar surface area (TPSA) is 88.2 Å². The second kappa shape index (κ2) is 10.4. The van der Waals surface area contributed by atoms with Gasteiger partial charge in [-0.05, 0) is 63.3 Å². The first-order valence-electron chi connectivity index (χ1n) is 11.1. The van der Waals surface area contributed by atoms with Crippen molar-refractivity contribution in [3.63, 3.8) is 0 Å². The molecule has 2 atom stereocenters. The number of aromatic nitrogens is 2. The number of hydrogen-bond acceptors (Lipinski definition) is 6. The van der Waals surface area contributed by atoms with E-state index in [0.29, 0.717) is 29.3 Å². The molecule has 2 saturated heterocycles. The maximum absolute atomic E-state index is 12.6. The van der Waals surface area contributed by atoms with Gasteiger partial charge in [0, 0.05) is 37.6 Å². The fraction of sp³-hybridized carbons (Fsp3) is 0.522. The maximum atomic E-state index is 12.6. The molecule has 8 heteroatoms. The highest BCUT2D eigenvalue weighted by molar-refractivity contribution is 6.33. The van der Waals surface area contributed by atoms with Crippen LogP contribution >= 0.6 is 11.6 Å².